The van der Waals surface area contributed by atoms with Crippen molar-refractivity contribution in [2.45, 2.75) is 71.1 Å². The third kappa shape index (κ3) is 11.6. The zero-order valence-electron chi connectivity index (χ0n) is 24.4. The number of hydrogen-bond acceptors (Lipinski definition) is 8. The van der Waals surface area contributed by atoms with Gasteiger partial charge in [0, 0.05) is 6.42 Å². The lowest BCUT2D eigenvalue weighted by atomic mass is 10.1. The van der Waals surface area contributed by atoms with Gasteiger partial charge < -0.3 is 30.3 Å². The highest BCUT2D eigenvalue weighted by Gasteiger charge is 2.40. The van der Waals surface area contributed by atoms with Gasteiger partial charge in [0.2, 0.25) is 11.8 Å². The lowest BCUT2D eigenvalue weighted by Gasteiger charge is -2.29. The van der Waals surface area contributed by atoms with Gasteiger partial charge >= 0.3 is 19.7 Å². The van der Waals surface area contributed by atoms with Crippen LogP contribution in [0, 0.1) is 5.92 Å². The highest BCUT2D eigenvalue weighted by Crippen LogP contribution is 2.50. The van der Waals surface area contributed by atoms with Crippen molar-refractivity contribution in [1.29, 1.82) is 0 Å². The Morgan fingerprint density at radius 3 is 1.88 bits per heavy atom. The number of amides is 3. The van der Waals surface area contributed by atoms with Gasteiger partial charge in [0.05, 0.1) is 7.11 Å². The van der Waals surface area contributed by atoms with Gasteiger partial charge in [-0.3, -0.25) is 18.7 Å². The Kier molecular flexibility index (Phi) is 13.7. The Labute approximate surface area is 246 Å². The quantitative estimate of drug-likeness (QED) is 0.176. The van der Waals surface area contributed by atoms with Crippen LogP contribution in [0.1, 0.15) is 45.2 Å². The summed E-state index contributed by atoms with van der Waals surface area (Å²) in [6.45, 7) is 6.39. The van der Waals surface area contributed by atoms with Gasteiger partial charge in [-0.1, -0.05) is 74.5 Å². The molecule has 0 aliphatic rings. The molecule has 1 unspecified atom stereocenters. The summed E-state index contributed by atoms with van der Waals surface area (Å²) in [5.74, 6) is -3.79. The molecule has 0 fully saturated rings. The summed E-state index contributed by atoms with van der Waals surface area (Å²) in [4.78, 5) is 61.0. The fraction of sp³-hybridized carbons (Fsp3) is 0.448. The van der Waals surface area contributed by atoms with E-state index < -0.39 is 55.4 Å². The number of nitrogens with one attached hydrogen (secondary N) is 3. The molecule has 13 heteroatoms. The number of carbonyl (C=O) groups excluding carboxylic acids is 4. The Hall–Kier alpha value is -3.73. The van der Waals surface area contributed by atoms with Crippen LogP contribution >= 0.6 is 7.60 Å². The monoisotopic (exact) mass is 605 g/mol. The van der Waals surface area contributed by atoms with Crippen LogP contribution in [0.2, 0.25) is 0 Å². The second kappa shape index (κ2) is 16.6. The number of hydrogen-bond donors (Lipinski definition) is 4. The predicted octanol–water partition coefficient (Wildman–Crippen LogP) is 3.28. The molecule has 0 aromatic heterocycles. The van der Waals surface area contributed by atoms with E-state index in [4.69, 9.17) is 14.0 Å². The average molecular weight is 606 g/mol. The van der Waals surface area contributed by atoms with Crippen LogP contribution in [-0.4, -0.2) is 59.9 Å². The molecule has 2 aromatic rings. The third-order valence-corrected chi connectivity index (χ3v) is 7.78. The highest BCUT2D eigenvalue weighted by molar-refractivity contribution is 7.53. The van der Waals surface area contributed by atoms with Crippen molar-refractivity contribution in [3.8, 4) is 0 Å². The molecule has 0 aliphatic carbocycles. The first-order valence-corrected chi connectivity index (χ1v) is 15.2. The van der Waals surface area contributed by atoms with Crippen molar-refractivity contribution < 1.29 is 42.6 Å². The molecule has 0 aliphatic heterocycles. The summed E-state index contributed by atoms with van der Waals surface area (Å²) in [7, 11) is -3.49. The lowest BCUT2D eigenvalue weighted by molar-refractivity contribution is -0.149. The first-order chi connectivity index (χ1) is 19.8. The maximum Gasteiger partial charge on any atom is 0.408 e. The fourth-order valence-electron chi connectivity index (χ4n) is 3.80. The van der Waals surface area contributed by atoms with E-state index in [2.05, 4.69) is 16.0 Å². The minimum Gasteiger partial charge on any atom is -0.467 e. The first-order valence-electron chi connectivity index (χ1n) is 13.5. The second-order valence-corrected chi connectivity index (χ2v) is 12.1. The molecule has 42 heavy (non-hydrogen) atoms. The minimum atomic E-state index is -4.63. The number of benzene rings is 2. The molecule has 3 amide bonds. The molecule has 0 spiro atoms. The van der Waals surface area contributed by atoms with Gasteiger partial charge in [-0.25, -0.2) is 9.59 Å². The van der Waals surface area contributed by atoms with E-state index in [9.17, 15) is 28.6 Å². The van der Waals surface area contributed by atoms with Crippen molar-refractivity contribution in [3.63, 3.8) is 0 Å². The van der Waals surface area contributed by atoms with Crippen molar-refractivity contribution in [3.05, 3.63) is 71.8 Å². The van der Waals surface area contributed by atoms with Gasteiger partial charge in [-0.2, -0.15) is 0 Å². The molecule has 4 N–H and O–H groups in total. The van der Waals surface area contributed by atoms with Crippen LogP contribution in [-0.2, 0) is 46.0 Å². The molecule has 0 bridgehead atoms. The maximum absolute atomic E-state index is 13.4. The molecule has 5 atom stereocenters. The molecule has 0 radical (unpaired) electrons. The Balaban J connectivity index is 2.00. The topological polar surface area (TPSA) is 169 Å². The van der Waals surface area contributed by atoms with Gasteiger partial charge in [0.15, 0.2) is 6.10 Å². The summed E-state index contributed by atoms with van der Waals surface area (Å²) in [5, 5.41) is 7.33. The fourth-order valence-corrected chi connectivity index (χ4v) is 5.45. The van der Waals surface area contributed by atoms with E-state index >= 15 is 0 Å². The summed E-state index contributed by atoms with van der Waals surface area (Å²) in [6.07, 6.45) is -2.19. The minimum absolute atomic E-state index is 0.0164. The van der Waals surface area contributed by atoms with Crippen LogP contribution < -0.4 is 16.0 Å². The zero-order valence-corrected chi connectivity index (χ0v) is 25.3. The Bertz CT molecular complexity index is 1230. The standard InChI is InChI=1S/C29H40N3O9P/c1-19(2)16-25(42(37,38)41-24(28(35)39-5)17-22-12-8-6-9-13-22)32-27(34)20(3)30-26(33)21(4)31-29(36)40-18-23-14-10-7-11-15-23/h6-15,19-21,24-25H,16-18H2,1-5H3,(H,30,33)(H,31,36)(H,32,34)(H,37,38)/t20-,21-,24-,25-/m0/s1. The largest absolute Gasteiger partial charge is 0.467 e. The molecule has 2 aromatic carbocycles. The highest BCUT2D eigenvalue weighted by atomic mass is 31.2. The number of ether oxygens (including phenoxy) is 2. The summed E-state index contributed by atoms with van der Waals surface area (Å²) < 4.78 is 28.7. The predicted molar refractivity (Wildman–Crippen MR) is 155 cm³/mol. The lowest BCUT2D eigenvalue weighted by Crippen LogP contribution is -2.53. The van der Waals surface area contributed by atoms with E-state index in [-0.39, 0.29) is 25.4 Å². The Morgan fingerprint density at radius 2 is 1.33 bits per heavy atom. The van der Waals surface area contributed by atoms with Gasteiger partial charge in [0.1, 0.15) is 24.5 Å². The van der Waals surface area contributed by atoms with Crippen LogP contribution in [0.3, 0.4) is 0 Å². The number of methoxy groups -OCH3 is 1. The molecule has 12 nitrogen and oxygen atoms in total. The molecule has 0 saturated carbocycles. The maximum atomic E-state index is 13.4. The zero-order chi connectivity index (χ0) is 31.3. The number of alkyl carbamates (subject to hydrolysis) is 1. The van der Waals surface area contributed by atoms with Gasteiger partial charge in [-0.15, -0.1) is 0 Å². The van der Waals surface area contributed by atoms with Gasteiger partial charge in [-0.05, 0) is 37.3 Å². The third-order valence-electron chi connectivity index (χ3n) is 6.10. The van der Waals surface area contributed by atoms with Crippen LogP contribution in [0.25, 0.3) is 0 Å². The van der Waals surface area contributed by atoms with Crippen molar-refractivity contribution in [2.24, 2.45) is 5.92 Å². The number of carbonyl (C=O) groups is 4. The van der Waals surface area contributed by atoms with E-state index in [1.807, 2.05) is 6.07 Å². The van der Waals surface area contributed by atoms with Crippen LogP contribution in [0.15, 0.2) is 60.7 Å². The van der Waals surface area contributed by atoms with Crippen molar-refractivity contribution in [2.75, 3.05) is 7.11 Å². The number of esters is 1. The van der Waals surface area contributed by atoms with Crippen LogP contribution in [0.4, 0.5) is 4.79 Å². The van der Waals surface area contributed by atoms with Crippen LogP contribution in [0.5, 0.6) is 0 Å². The first kappa shape index (κ1) is 34.5. The van der Waals surface area contributed by atoms with Crippen molar-refractivity contribution in [1.82, 2.24) is 16.0 Å². The van der Waals surface area contributed by atoms with E-state index in [0.29, 0.717) is 5.56 Å². The van der Waals surface area contributed by atoms with E-state index in [0.717, 1.165) is 12.7 Å². The van der Waals surface area contributed by atoms with E-state index in [1.54, 1.807) is 68.4 Å². The SMILES string of the molecule is COC(=O)[C@H](Cc1ccccc1)OP(=O)(O)[C@@H](CC(C)C)NC(=O)[C@H](C)NC(=O)[C@H](C)NC(=O)OCc1ccccc1. The van der Waals surface area contributed by atoms with E-state index in [1.165, 1.54) is 13.8 Å². The summed E-state index contributed by atoms with van der Waals surface area (Å²) in [5.41, 5.74) is 1.45. The molecule has 0 saturated heterocycles. The molecule has 2 rings (SSSR count). The van der Waals surface area contributed by atoms with Gasteiger partial charge in [0.25, 0.3) is 0 Å². The molecule has 0 heterocycles. The smallest absolute Gasteiger partial charge is 0.408 e. The Morgan fingerprint density at radius 1 is 0.810 bits per heavy atom. The number of rotatable bonds is 15. The summed E-state index contributed by atoms with van der Waals surface area (Å²) in [6, 6.07) is 15.6. The second-order valence-electron chi connectivity index (χ2n) is 10.2. The molecular weight excluding hydrogens is 565 g/mol. The normalized spacial score (nSPS) is 15.3. The average Bonchev–Trinajstić information content (AvgIpc) is 2.95. The molecular formula is C29H40N3O9P. The molecule has 230 valence electrons. The van der Waals surface area contributed by atoms with Crippen molar-refractivity contribution >= 4 is 31.5 Å². The summed E-state index contributed by atoms with van der Waals surface area (Å²) >= 11 is 0.